The number of carbonyl (C=O) groups excluding carboxylic acids is 1. The number of cyclic esters (lactones) is 1. The van der Waals surface area contributed by atoms with Crippen molar-refractivity contribution in [3.05, 3.63) is 71.2 Å². The van der Waals surface area contributed by atoms with E-state index in [1.54, 1.807) is 6.08 Å². The van der Waals surface area contributed by atoms with E-state index in [1.165, 1.54) is 12.1 Å². The Hall–Kier alpha value is -2.83. The molecule has 0 spiro atoms. The summed E-state index contributed by atoms with van der Waals surface area (Å²) >= 11 is 0. The molecule has 1 aromatic carbocycles. The van der Waals surface area contributed by atoms with Gasteiger partial charge in [0.05, 0.1) is 5.56 Å². The van der Waals surface area contributed by atoms with Gasteiger partial charge in [0.1, 0.15) is 5.70 Å². The zero-order chi connectivity index (χ0) is 17.2. The first-order valence-corrected chi connectivity index (χ1v) is 7.24. The first kappa shape index (κ1) is 16.0. The predicted molar refractivity (Wildman–Crippen MR) is 81.3 cm³/mol. The van der Waals surface area contributed by atoms with Crippen molar-refractivity contribution in [2.45, 2.75) is 19.0 Å². The van der Waals surface area contributed by atoms with Gasteiger partial charge in [0.25, 0.3) is 0 Å². The highest BCUT2D eigenvalue weighted by atomic mass is 19.4. The van der Waals surface area contributed by atoms with Crippen LogP contribution in [0.5, 0.6) is 0 Å². The number of aromatic amines is 1. The number of aliphatic imine (C=N–C) groups is 1. The standard InChI is InChI=1S/C17H13F3N2O2/c18-17(19,20)12-8-6-11(7-9-12)15-22-14(16(23)24-15)5-1-3-13-4-2-10-21-13/h2,4-10,21H,1,3H2/b14-5+. The summed E-state index contributed by atoms with van der Waals surface area (Å²) in [6, 6.07) is 8.14. The SMILES string of the molecule is O=C1OC(c2ccc(C(F)(F)F)cc2)=N/C1=C/CCc1ccc[nH]1. The number of hydrogen-bond donors (Lipinski definition) is 1. The fourth-order valence-electron chi connectivity index (χ4n) is 2.26. The second-order valence-corrected chi connectivity index (χ2v) is 5.20. The zero-order valence-corrected chi connectivity index (χ0v) is 12.4. The summed E-state index contributed by atoms with van der Waals surface area (Å²) in [5.41, 5.74) is 0.753. The smallest absolute Gasteiger partial charge is 0.402 e. The van der Waals surface area contributed by atoms with Crippen LogP contribution < -0.4 is 0 Å². The number of esters is 1. The number of nitrogens with one attached hydrogen (secondary N) is 1. The first-order valence-electron chi connectivity index (χ1n) is 7.24. The van der Waals surface area contributed by atoms with Gasteiger partial charge >= 0.3 is 12.1 Å². The van der Waals surface area contributed by atoms with Gasteiger partial charge in [-0.3, -0.25) is 0 Å². The van der Waals surface area contributed by atoms with Crippen LogP contribution in [0, 0.1) is 0 Å². The minimum Gasteiger partial charge on any atom is -0.402 e. The maximum atomic E-state index is 12.5. The van der Waals surface area contributed by atoms with E-state index in [2.05, 4.69) is 9.98 Å². The van der Waals surface area contributed by atoms with Gasteiger partial charge in [-0.2, -0.15) is 13.2 Å². The molecule has 0 radical (unpaired) electrons. The number of benzene rings is 1. The van der Waals surface area contributed by atoms with Gasteiger partial charge in [-0.05, 0) is 49.2 Å². The van der Waals surface area contributed by atoms with Gasteiger partial charge in [-0.15, -0.1) is 0 Å². The zero-order valence-electron chi connectivity index (χ0n) is 12.4. The molecular weight excluding hydrogens is 321 g/mol. The molecule has 4 nitrogen and oxygen atoms in total. The second kappa shape index (κ2) is 6.35. The van der Waals surface area contributed by atoms with Gasteiger partial charge in [-0.25, -0.2) is 9.79 Å². The van der Waals surface area contributed by atoms with Crippen LogP contribution in [0.1, 0.15) is 23.2 Å². The summed E-state index contributed by atoms with van der Waals surface area (Å²) in [6.07, 6.45) is 0.368. The lowest BCUT2D eigenvalue weighted by molar-refractivity contribution is -0.137. The number of ether oxygens (including phenoxy) is 1. The molecule has 24 heavy (non-hydrogen) atoms. The molecule has 0 amide bonds. The Morgan fingerprint density at radius 1 is 1.17 bits per heavy atom. The number of H-pyrrole nitrogens is 1. The molecule has 0 fully saturated rings. The molecule has 0 bridgehead atoms. The normalized spacial score (nSPS) is 16.4. The molecule has 1 aliphatic heterocycles. The number of carbonyl (C=O) groups is 1. The van der Waals surface area contributed by atoms with Crippen molar-refractivity contribution >= 4 is 11.9 Å². The van der Waals surface area contributed by atoms with Crippen molar-refractivity contribution in [1.29, 1.82) is 0 Å². The van der Waals surface area contributed by atoms with Crippen LogP contribution in [0.15, 0.2) is 59.4 Å². The average Bonchev–Trinajstić information content (AvgIpc) is 3.17. The Labute approximate surface area is 135 Å². The molecule has 124 valence electrons. The maximum Gasteiger partial charge on any atom is 0.416 e. The van der Waals surface area contributed by atoms with Crippen molar-refractivity contribution in [1.82, 2.24) is 4.98 Å². The quantitative estimate of drug-likeness (QED) is 0.682. The number of aromatic nitrogens is 1. The van der Waals surface area contributed by atoms with Crippen molar-refractivity contribution in [2.75, 3.05) is 0 Å². The molecule has 2 aromatic rings. The molecule has 1 aromatic heterocycles. The molecule has 0 saturated heterocycles. The van der Waals surface area contributed by atoms with E-state index in [9.17, 15) is 18.0 Å². The molecule has 3 rings (SSSR count). The third-order valence-electron chi connectivity index (χ3n) is 3.49. The van der Waals surface area contributed by atoms with E-state index in [4.69, 9.17) is 4.74 Å². The Morgan fingerprint density at radius 2 is 1.92 bits per heavy atom. The van der Waals surface area contributed by atoms with Crippen LogP contribution in [-0.4, -0.2) is 16.9 Å². The van der Waals surface area contributed by atoms with Crippen LogP contribution >= 0.6 is 0 Å². The van der Waals surface area contributed by atoms with Crippen LogP contribution in [0.3, 0.4) is 0 Å². The molecule has 0 unspecified atom stereocenters. The minimum atomic E-state index is -4.41. The lowest BCUT2D eigenvalue weighted by Gasteiger charge is -2.06. The Balaban J connectivity index is 1.71. The highest BCUT2D eigenvalue weighted by molar-refractivity contribution is 6.11. The summed E-state index contributed by atoms with van der Waals surface area (Å²) in [5, 5.41) is 0. The number of aryl methyl sites for hydroxylation is 1. The molecule has 1 N–H and O–H groups in total. The fourth-order valence-corrected chi connectivity index (χ4v) is 2.26. The molecule has 0 aliphatic carbocycles. The van der Waals surface area contributed by atoms with Crippen molar-refractivity contribution in [2.24, 2.45) is 4.99 Å². The van der Waals surface area contributed by atoms with Gasteiger partial charge in [0.2, 0.25) is 5.90 Å². The number of alkyl halides is 3. The molecule has 7 heteroatoms. The third-order valence-corrected chi connectivity index (χ3v) is 3.49. The molecular formula is C17H13F3N2O2. The van der Waals surface area contributed by atoms with E-state index in [0.29, 0.717) is 12.0 Å². The number of allylic oxidation sites excluding steroid dienone is 1. The minimum absolute atomic E-state index is 0.0137. The van der Waals surface area contributed by atoms with E-state index in [-0.39, 0.29) is 11.6 Å². The molecule has 1 aliphatic rings. The number of halogens is 3. The summed E-state index contributed by atoms with van der Waals surface area (Å²) < 4.78 is 42.7. The lowest BCUT2D eigenvalue weighted by Crippen LogP contribution is -2.08. The van der Waals surface area contributed by atoms with Gasteiger partial charge < -0.3 is 9.72 Å². The fraction of sp³-hybridized carbons (Fsp3) is 0.176. The van der Waals surface area contributed by atoms with E-state index < -0.39 is 17.7 Å². The number of hydrogen-bond acceptors (Lipinski definition) is 3. The van der Waals surface area contributed by atoms with Crippen molar-refractivity contribution < 1.29 is 22.7 Å². The lowest BCUT2D eigenvalue weighted by atomic mass is 10.1. The van der Waals surface area contributed by atoms with E-state index in [1.807, 2.05) is 18.3 Å². The summed E-state index contributed by atoms with van der Waals surface area (Å²) in [4.78, 5) is 18.9. The topological polar surface area (TPSA) is 54.4 Å². The third kappa shape index (κ3) is 3.56. The summed E-state index contributed by atoms with van der Waals surface area (Å²) in [6.45, 7) is 0. The second-order valence-electron chi connectivity index (χ2n) is 5.20. The van der Waals surface area contributed by atoms with E-state index >= 15 is 0 Å². The summed E-state index contributed by atoms with van der Waals surface area (Å²) in [7, 11) is 0. The molecule has 0 atom stereocenters. The number of nitrogens with zero attached hydrogens (tertiary/aromatic N) is 1. The van der Waals surface area contributed by atoms with E-state index in [0.717, 1.165) is 24.2 Å². The summed E-state index contributed by atoms with van der Waals surface area (Å²) in [5.74, 6) is -0.587. The maximum absolute atomic E-state index is 12.5. The van der Waals surface area contributed by atoms with Crippen LogP contribution in [0.4, 0.5) is 13.2 Å². The van der Waals surface area contributed by atoms with Crippen LogP contribution in [-0.2, 0) is 22.1 Å². The van der Waals surface area contributed by atoms with Crippen LogP contribution in [0.2, 0.25) is 0 Å². The first-order chi connectivity index (χ1) is 11.4. The van der Waals surface area contributed by atoms with Gasteiger partial charge in [0.15, 0.2) is 0 Å². The van der Waals surface area contributed by atoms with Gasteiger partial charge in [0, 0.05) is 17.5 Å². The average molecular weight is 334 g/mol. The van der Waals surface area contributed by atoms with Gasteiger partial charge in [-0.1, -0.05) is 6.08 Å². The largest absolute Gasteiger partial charge is 0.416 e. The molecule has 2 heterocycles. The molecule has 0 saturated carbocycles. The predicted octanol–water partition coefficient (Wildman–Crippen LogP) is 3.85. The monoisotopic (exact) mass is 334 g/mol. The Kier molecular flexibility index (Phi) is 4.24. The number of rotatable bonds is 4. The van der Waals surface area contributed by atoms with Crippen LogP contribution in [0.25, 0.3) is 0 Å². The van der Waals surface area contributed by atoms with Crippen molar-refractivity contribution in [3.8, 4) is 0 Å². The van der Waals surface area contributed by atoms with Crippen molar-refractivity contribution in [3.63, 3.8) is 0 Å². The Bertz CT molecular complexity index is 788. The highest BCUT2D eigenvalue weighted by Crippen LogP contribution is 2.29. The Morgan fingerprint density at radius 3 is 2.54 bits per heavy atom. The highest BCUT2D eigenvalue weighted by Gasteiger charge is 2.31.